The highest BCUT2D eigenvalue weighted by molar-refractivity contribution is 5.56. The lowest BCUT2D eigenvalue weighted by Crippen LogP contribution is -2.20. The van der Waals surface area contributed by atoms with Gasteiger partial charge in [0.2, 0.25) is 0 Å². The molecular weight excluding hydrogens is 230 g/mol. The molecule has 2 rings (SSSR count). The average Bonchev–Trinajstić information content (AvgIpc) is 2.75. The molecule has 18 heavy (non-hydrogen) atoms. The van der Waals surface area contributed by atoms with E-state index < -0.39 is 0 Å². The van der Waals surface area contributed by atoms with Crippen molar-refractivity contribution in [2.45, 2.75) is 20.4 Å². The number of nitrogen functional groups attached to an aromatic ring is 1. The molecule has 0 aromatic carbocycles. The Morgan fingerprint density at radius 2 is 2.11 bits per heavy atom. The lowest BCUT2D eigenvalue weighted by Gasteiger charge is -2.19. The Labute approximate surface area is 106 Å². The minimum atomic E-state index is 0.627. The molecule has 2 aromatic heterocycles. The van der Waals surface area contributed by atoms with E-state index in [9.17, 15) is 0 Å². The van der Waals surface area contributed by atoms with E-state index in [1.165, 1.54) is 6.33 Å². The summed E-state index contributed by atoms with van der Waals surface area (Å²) in [6.07, 6.45) is 1.49. The van der Waals surface area contributed by atoms with Crippen LogP contribution in [0.3, 0.4) is 0 Å². The first-order valence-corrected chi connectivity index (χ1v) is 5.66. The number of aromatic nitrogens is 2. The van der Waals surface area contributed by atoms with Gasteiger partial charge in [-0.15, -0.1) is 0 Å². The van der Waals surface area contributed by atoms with E-state index in [1.54, 1.807) is 0 Å². The molecular formula is C12H17N5O. The molecule has 0 unspecified atom stereocenters. The summed E-state index contributed by atoms with van der Waals surface area (Å²) >= 11 is 0. The van der Waals surface area contributed by atoms with E-state index >= 15 is 0 Å². The van der Waals surface area contributed by atoms with Crippen LogP contribution in [0.4, 0.5) is 11.6 Å². The molecule has 0 spiro atoms. The van der Waals surface area contributed by atoms with Crippen LogP contribution in [0.5, 0.6) is 0 Å². The van der Waals surface area contributed by atoms with Crippen molar-refractivity contribution in [3.8, 4) is 0 Å². The summed E-state index contributed by atoms with van der Waals surface area (Å²) in [5, 5.41) is 0. The molecule has 0 aliphatic heterocycles. The first-order valence-electron chi connectivity index (χ1n) is 5.66. The van der Waals surface area contributed by atoms with E-state index in [-0.39, 0.29) is 0 Å². The zero-order chi connectivity index (χ0) is 13.1. The van der Waals surface area contributed by atoms with Crippen molar-refractivity contribution in [2.75, 3.05) is 17.4 Å². The summed E-state index contributed by atoms with van der Waals surface area (Å²) in [5.41, 5.74) is 3.47. The van der Waals surface area contributed by atoms with Gasteiger partial charge in [0, 0.05) is 12.6 Å². The predicted octanol–water partition coefficient (Wildman–Crippen LogP) is 1.61. The second kappa shape index (κ2) is 5.05. The first-order chi connectivity index (χ1) is 8.61. The van der Waals surface area contributed by atoms with Crippen molar-refractivity contribution < 1.29 is 4.42 Å². The van der Waals surface area contributed by atoms with Crippen molar-refractivity contribution in [1.82, 2.24) is 9.97 Å². The van der Waals surface area contributed by atoms with Crippen molar-refractivity contribution in [2.24, 2.45) is 5.84 Å². The van der Waals surface area contributed by atoms with Gasteiger partial charge in [0.05, 0.1) is 6.54 Å². The van der Waals surface area contributed by atoms with Crippen molar-refractivity contribution in [3.05, 3.63) is 35.5 Å². The lowest BCUT2D eigenvalue weighted by atomic mass is 10.3. The highest BCUT2D eigenvalue weighted by Gasteiger charge is 2.12. The first kappa shape index (κ1) is 12.4. The van der Waals surface area contributed by atoms with Crippen LogP contribution in [0, 0.1) is 13.8 Å². The van der Waals surface area contributed by atoms with Gasteiger partial charge in [-0.05, 0) is 26.0 Å². The van der Waals surface area contributed by atoms with Gasteiger partial charge in [-0.1, -0.05) is 0 Å². The Hall–Kier alpha value is -2.08. The summed E-state index contributed by atoms with van der Waals surface area (Å²) in [5.74, 6) is 8.65. The van der Waals surface area contributed by atoms with E-state index in [1.807, 2.05) is 37.9 Å². The number of nitrogens with two attached hydrogens (primary N) is 1. The summed E-state index contributed by atoms with van der Waals surface area (Å²) in [4.78, 5) is 10.3. The Balaban J connectivity index is 2.21. The smallest absolute Gasteiger partial charge is 0.148 e. The van der Waals surface area contributed by atoms with E-state index in [0.717, 1.165) is 22.9 Å². The van der Waals surface area contributed by atoms with E-state index in [0.29, 0.717) is 12.4 Å². The minimum Gasteiger partial charge on any atom is -0.464 e. The molecule has 3 N–H and O–H groups in total. The van der Waals surface area contributed by atoms with Gasteiger partial charge < -0.3 is 14.7 Å². The Bertz CT molecular complexity index is 537. The number of hydrogen-bond acceptors (Lipinski definition) is 6. The monoisotopic (exact) mass is 247 g/mol. The third-order valence-corrected chi connectivity index (χ3v) is 2.74. The standard InChI is InChI=1S/C12H17N5O/c1-8-4-5-10(18-8)6-17(3)12-9(2)11(16-13)14-7-15-12/h4-5,7H,6,13H2,1-3H3,(H,14,15,16). The molecule has 0 fully saturated rings. The fraction of sp³-hybridized carbons (Fsp3) is 0.333. The Morgan fingerprint density at radius 1 is 1.33 bits per heavy atom. The largest absolute Gasteiger partial charge is 0.464 e. The molecule has 0 aliphatic carbocycles. The van der Waals surface area contributed by atoms with Crippen LogP contribution in [0.2, 0.25) is 0 Å². The van der Waals surface area contributed by atoms with Gasteiger partial charge in [-0.2, -0.15) is 0 Å². The quantitative estimate of drug-likeness (QED) is 0.631. The molecule has 2 heterocycles. The molecule has 96 valence electrons. The van der Waals surface area contributed by atoms with Crippen molar-refractivity contribution >= 4 is 11.6 Å². The van der Waals surface area contributed by atoms with Gasteiger partial charge in [0.15, 0.2) is 0 Å². The summed E-state index contributed by atoms with van der Waals surface area (Å²) in [7, 11) is 1.95. The fourth-order valence-electron chi connectivity index (χ4n) is 1.85. The van der Waals surface area contributed by atoms with Crippen LogP contribution in [0.15, 0.2) is 22.9 Å². The second-order valence-electron chi connectivity index (χ2n) is 4.18. The van der Waals surface area contributed by atoms with Crippen LogP contribution in [-0.4, -0.2) is 17.0 Å². The zero-order valence-corrected chi connectivity index (χ0v) is 10.8. The molecule has 0 saturated carbocycles. The topological polar surface area (TPSA) is 80.2 Å². The van der Waals surface area contributed by atoms with E-state index in [4.69, 9.17) is 10.3 Å². The van der Waals surface area contributed by atoms with Crippen molar-refractivity contribution in [3.63, 3.8) is 0 Å². The molecule has 0 saturated heterocycles. The molecule has 2 aromatic rings. The highest BCUT2D eigenvalue weighted by Crippen LogP contribution is 2.22. The van der Waals surface area contributed by atoms with E-state index in [2.05, 4.69) is 15.4 Å². The number of anilines is 2. The molecule has 0 aliphatic rings. The summed E-state index contributed by atoms with van der Waals surface area (Å²) in [6, 6.07) is 3.91. The number of rotatable bonds is 4. The van der Waals surface area contributed by atoms with Gasteiger partial charge in [0.1, 0.15) is 29.5 Å². The normalized spacial score (nSPS) is 10.4. The van der Waals surface area contributed by atoms with Gasteiger partial charge in [-0.25, -0.2) is 15.8 Å². The maximum absolute atomic E-state index is 5.55. The number of hydrazine groups is 1. The van der Waals surface area contributed by atoms with Gasteiger partial charge in [-0.3, -0.25) is 0 Å². The van der Waals surface area contributed by atoms with Crippen LogP contribution >= 0.6 is 0 Å². The highest BCUT2D eigenvalue weighted by atomic mass is 16.3. The average molecular weight is 247 g/mol. The molecule has 0 radical (unpaired) electrons. The molecule has 0 amide bonds. The van der Waals surface area contributed by atoms with Gasteiger partial charge in [0.25, 0.3) is 0 Å². The number of furan rings is 1. The zero-order valence-electron chi connectivity index (χ0n) is 10.8. The molecule has 6 nitrogen and oxygen atoms in total. The third-order valence-electron chi connectivity index (χ3n) is 2.74. The third kappa shape index (κ3) is 2.43. The fourth-order valence-corrected chi connectivity index (χ4v) is 1.85. The minimum absolute atomic E-state index is 0.627. The second-order valence-corrected chi connectivity index (χ2v) is 4.18. The number of aryl methyl sites for hydroxylation is 1. The Kier molecular flexibility index (Phi) is 3.47. The van der Waals surface area contributed by atoms with Crippen molar-refractivity contribution in [1.29, 1.82) is 0 Å². The Morgan fingerprint density at radius 3 is 2.72 bits per heavy atom. The molecule has 0 bridgehead atoms. The van der Waals surface area contributed by atoms with Crippen LogP contribution in [-0.2, 0) is 6.54 Å². The van der Waals surface area contributed by atoms with Crippen LogP contribution in [0.1, 0.15) is 17.1 Å². The predicted molar refractivity (Wildman–Crippen MR) is 70.1 cm³/mol. The SMILES string of the molecule is Cc1ccc(CN(C)c2ncnc(NN)c2C)o1. The lowest BCUT2D eigenvalue weighted by molar-refractivity contribution is 0.481. The maximum atomic E-state index is 5.55. The number of nitrogens with one attached hydrogen (secondary N) is 1. The summed E-state index contributed by atoms with van der Waals surface area (Å²) < 4.78 is 5.55. The van der Waals surface area contributed by atoms with Crippen LogP contribution < -0.4 is 16.2 Å². The molecule has 0 atom stereocenters. The number of hydrogen-bond donors (Lipinski definition) is 2. The summed E-state index contributed by atoms with van der Waals surface area (Å²) in [6.45, 7) is 4.50. The van der Waals surface area contributed by atoms with Crippen LogP contribution in [0.25, 0.3) is 0 Å². The number of nitrogens with zero attached hydrogens (tertiary/aromatic N) is 3. The van der Waals surface area contributed by atoms with Gasteiger partial charge >= 0.3 is 0 Å². The molecule has 6 heteroatoms. The maximum Gasteiger partial charge on any atom is 0.148 e.